The molecular weight excluding hydrogens is 254 g/mol. The first-order valence-electron chi connectivity index (χ1n) is 5.70. The molecule has 6 nitrogen and oxygen atoms in total. The van der Waals surface area contributed by atoms with Crippen molar-refractivity contribution in [3.63, 3.8) is 0 Å². The number of nitrogens with one attached hydrogen (secondary N) is 1. The number of thiophene rings is 1. The van der Waals surface area contributed by atoms with Gasteiger partial charge in [-0.15, -0.1) is 11.3 Å². The molecule has 18 heavy (non-hydrogen) atoms. The Kier molecular flexibility index (Phi) is 3.42. The summed E-state index contributed by atoms with van der Waals surface area (Å²) >= 11 is 1.11. The molecule has 1 heterocycles. The van der Waals surface area contributed by atoms with Crippen LogP contribution in [0.1, 0.15) is 39.8 Å². The quantitative estimate of drug-likeness (QED) is 0.696. The normalized spacial score (nSPS) is 14.3. The summed E-state index contributed by atoms with van der Waals surface area (Å²) in [6.07, 6.45) is 2.10. The minimum atomic E-state index is -0.633. The van der Waals surface area contributed by atoms with Gasteiger partial charge in [0.05, 0.1) is 12.3 Å². The molecule has 0 aromatic carbocycles. The van der Waals surface area contributed by atoms with Crippen LogP contribution in [0.4, 0.5) is 10.7 Å². The van der Waals surface area contributed by atoms with Crippen LogP contribution in [0.25, 0.3) is 0 Å². The van der Waals surface area contributed by atoms with E-state index in [1.54, 1.807) is 6.92 Å². The summed E-state index contributed by atoms with van der Waals surface area (Å²) in [7, 11) is 0. The predicted molar refractivity (Wildman–Crippen MR) is 69.9 cm³/mol. The minimum absolute atomic E-state index is 0.106. The molecule has 1 aromatic heterocycles. The molecule has 0 spiro atoms. The fraction of sp³-hybridized carbons (Fsp3) is 0.455. The molecule has 0 bridgehead atoms. The lowest BCUT2D eigenvalue weighted by Crippen LogP contribution is -2.13. The lowest BCUT2D eigenvalue weighted by atomic mass is 10.2. The van der Waals surface area contributed by atoms with Crippen molar-refractivity contribution in [3.8, 4) is 0 Å². The zero-order chi connectivity index (χ0) is 13.3. The second-order valence-corrected chi connectivity index (χ2v) is 5.07. The molecule has 1 aliphatic carbocycles. The Morgan fingerprint density at radius 1 is 1.50 bits per heavy atom. The number of rotatable bonds is 5. The first kappa shape index (κ1) is 12.7. The van der Waals surface area contributed by atoms with Crippen LogP contribution in [0.2, 0.25) is 0 Å². The van der Waals surface area contributed by atoms with Crippen molar-refractivity contribution in [2.75, 3.05) is 17.7 Å². The van der Waals surface area contributed by atoms with Gasteiger partial charge in [-0.2, -0.15) is 0 Å². The molecule has 1 aromatic rings. The highest BCUT2D eigenvalue weighted by Crippen LogP contribution is 2.38. The Morgan fingerprint density at radius 3 is 2.67 bits per heavy atom. The average Bonchev–Trinajstić information content (AvgIpc) is 3.02. The van der Waals surface area contributed by atoms with Gasteiger partial charge in [0.1, 0.15) is 15.4 Å². The molecular formula is C11H15N3O3S. The number of primary amides is 1. The van der Waals surface area contributed by atoms with Crippen LogP contribution in [0.5, 0.6) is 0 Å². The van der Waals surface area contributed by atoms with Gasteiger partial charge in [0.25, 0.3) is 5.91 Å². The zero-order valence-electron chi connectivity index (χ0n) is 9.99. The summed E-state index contributed by atoms with van der Waals surface area (Å²) in [5.74, 6) is -1.16. The summed E-state index contributed by atoms with van der Waals surface area (Å²) in [5, 5.41) is 3.74. The minimum Gasteiger partial charge on any atom is -0.462 e. The Morgan fingerprint density at radius 2 is 2.17 bits per heavy atom. The number of nitrogen functional groups attached to an aromatic ring is 1. The maximum absolute atomic E-state index is 11.8. The topological polar surface area (TPSA) is 107 Å². The van der Waals surface area contributed by atoms with Gasteiger partial charge in [0.2, 0.25) is 0 Å². The number of carbonyl (C=O) groups is 2. The third kappa shape index (κ3) is 2.40. The van der Waals surface area contributed by atoms with Crippen molar-refractivity contribution in [2.45, 2.75) is 25.8 Å². The maximum Gasteiger partial charge on any atom is 0.343 e. The second kappa shape index (κ2) is 4.85. The number of anilines is 2. The second-order valence-electron chi connectivity index (χ2n) is 4.05. The van der Waals surface area contributed by atoms with Crippen LogP contribution in [-0.2, 0) is 4.74 Å². The highest BCUT2D eigenvalue weighted by atomic mass is 32.1. The van der Waals surface area contributed by atoms with Crippen LogP contribution < -0.4 is 16.8 Å². The molecule has 7 heteroatoms. The molecule has 2 rings (SSSR count). The monoisotopic (exact) mass is 269 g/mol. The smallest absolute Gasteiger partial charge is 0.343 e. The molecule has 0 unspecified atom stereocenters. The summed E-state index contributed by atoms with van der Waals surface area (Å²) in [6.45, 7) is 1.96. The maximum atomic E-state index is 11.8. The Balaban J connectivity index is 2.38. The highest BCUT2D eigenvalue weighted by Gasteiger charge is 2.29. The van der Waals surface area contributed by atoms with Crippen LogP contribution in [0.15, 0.2) is 0 Å². The number of carbonyl (C=O) groups excluding carboxylic acids is 2. The Bertz CT molecular complexity index is 494. The lowest BCUT2D eigenvalue weighted by Gasteiger charge is -2.06. The van der Waals surface area contributed by atoms with Crippen molar-refractivity contribution in [1.82, 2.24) is 0 Å². The van der Waals surface area contributed by atoms with Crippen molar-refractivity contribution >= 4 is 33.9 Å². The third-order valence-corrected chi connectivity index (χ3v) is 3.71. The number of esters is 1. The molecule has 1 saturated carbocycles. The standard InChI is InChI=1S/C11H15N3O3S/c1-2-17-11(16)6-7(12)8(9(13)15)18-10(6)14-5-3-4-5/h5,14H,2-4,12H2,1H3,(H2,13,15). The van der Waals surface area contributed by atoms with E-state index in [4.69, 9.17) is 16.2 Å². The third-order valence-electron chi connectivity index (χ3n) is 2.56. The molecule has 0 saturated heterocycles. The number of nitrogens with two attached hydrogens (primary N) is 2. The molecule has 98 valence electrons. The highest BCUT2D eigenvalue weighted by molar-refractivity contribution is 7.19. The summed E-state index contributed by atoms with van der Waals surface area (Å²) in [5.41, 5.74) is 11.4. The van der Waals surface area contributed by atoms with Crippen molar-refractivity contribution in [1.29, 1.82) is 0 Å². The van der Waals surface area contributed by atoms with E-state index >= 15 is 0 Å². The first-order chi connectivity index (χ1) is 8.54. The van der Waals surface area contributed by atoms with E-state index in [1.165, 1.54) is 0 Å². The van der Waals surface area contributed by atoms with E-state index in [2.05, 4.69) is 5.32 Å². The van der Waals surface area contributed by atoms with E-state index < -0.39 is 11.9 Å². The average molecular weight is 269 g/mol. The van der Waals surface area contributed by atoms with Gasteiger partial charge in [-0.05, 0) is 19.8 Å². The van der Waals surface area contributed by atoms with E-state index in [0.29, 0.717) is 11.0 Å². The van der Waals surface area contributed by atoms with Crippen molar-refractivity contribution in [3.05, 3.63) is 10.4 Å². The predicted octanol–water partition coefficient (Wildman–Crippen LogP) is 1.18. The number of amides is 1. The summed E-state index contributed by atoms with van der Waals surface area (Å²) in [4.78, 5) is 23.3. The SMILES string of the molecule is CCOC(=O)c1c(NC2CC2)sc(C(N)=O)c1N. The van der Waals surface area contributed by atoms with Gasteiger partial charge in [-0.25, -0.2) is 4.79 Å². The van der Waals surface area contributed by atoms with Gasteiger partial charge in [0, 0.05) is 6.04 Å². The van der Waals surface area contributed by atoms with E-state index in [1.807, 2.05) is 0 Å². The Labute approximate surface area is 108 Å². The van der Waals surface area contributed by atoms with Crippen LogP contribution in [0.3, 0.4) is 0 Å². The van der Waals surface area contributed by atoms with E-state index in [-0.39, 0.29) is 22.7 Å². The molecule has 0 atom stereocenters. The van der Waals surface area contributed by atoms with Crippen molar-refractivity contribution in [2.24, 2.45) is 5.73 Å². The number of ether oxygens (including phenoxy) is 1. The van der Waals surface area contributed by atoms with Gasteiger partial charge in [-0.1, -0.05) is 0 Å². The zero-order valence-corrected chi connectivity index (χ0v) is 10.8. The van der Waals surface area contributed by atoms with Gasteiger partial charge < -0.3 is 21.5 Å². The Hall–Kier alpha value is -1.76. The first-order valence-corrected chi connectivity index (χ1v) is 6.52. The molecule has 0 aliphatic heterocycles. The number of hydrogen-bond acceptors (Lipinski definition) is 6. The van der Waals surface area contributed by atoms with Gasteiger partial charge >= 0.3 is 5.97 Å². The van der Waals surface area contributed by atoms with Crippen LogP contribution in [0, 0.1) is 0 Å². The molecule has 5 N–H and O–H groups in total. The lowest BCUT2D eigenvalue weighted by molar-refractivity contribution is 0.0529. The fourth-order valence-corrected chi connectivity index (χ4v) is 2.59. The van der Waals surface area contributed by atoms with Crippen LogP contribution >= 0.6 is 11.3 Å². The van der Waals surface area contributed by atoms with Crippen LogP contribution in [-0.4, -0.2) is 24.5 Å². The van der Waals surface area contributed by atoms with Gasteiger partial charge in [0.15, 0.2) is 0 Å². The summed E-state index contributed by atoms with van der Waals surface area (Å²) < 4.78 is 4.94. The van der Waals surface area contributed by atoms with E-state index in [0.717, 1.165) is 24.2 Å². The molecule has 1 fully saturated rings. The number of hydrogen-bond donors (Lipinski definition) is 3. The fourth-order valence-electron chi connectivity index (χ4n) is 1.55. The molecule has 0 radical (unpaired) electrons. The van der Waals surface area contributed by atoms with Gasteiger partial charge in [-0.3, -0.25) is 4.79 Å². The summed E-state index contributed by atoms with van der Waals surface area (Å²) in [6, 6.07) is 0.344. The van der Waals surface area contributed by atoms with Crippen molar-refractivity contribution < 1.29 is 14.3 Å². The van der Waals surface area contributed by atoms with E-state index in [9.17, 15) is 9.59 Å². The molecule has 1 amide bonds. The molecule has 1 aliphatic rings. The largest absolute Gasteiger partial charge is 0.462 e.